The van der Waals surface area contributed by atoms with Crippen molar-refractivity contribution >= 4 is 63.5 Å². The van der Waals surface area contributed by atoms with Crippen LogP contribution in [0.3, 0.4) is 0 Å². The second-order valence-corrected chi connectivity index (χ2v) is 14.3. The number of thiazole rings is 1. The van der Waals surface area contributed by atoms with Crippen LogP contribution in [-0.4, -0.2) is 78.6 Å². The smallest absolute Gasteiger partial charge is 0.356 e. The van der Waals surface area contributed by atoms with E-state index in [-0.39, 0.29) is 33.8 Å². The molecule has 7 rings (SSSR count). The van der Waals surface area contributed by atoms with Gasteiger partial charge in [-0.25, -0.2) is 19.2 Å². The van der Waals surface area contributed by atoms with Gasteiger partial charge in [-0.05, 0) is 41.0 Å². The first-order valence-corrected chi connectivity index (χ1v) is 18.6. The number of β-lactam (4-membered cyclic amide) rings is 1. The average Bonchev–Trinajstić information content (AvgIpc) is 3.83. The predicted octanol–water partition coefficient (Wildman–Crippen LogP) is 4.78. The maximum atomic E-state index is 14.3. The lowest BCUT2D eigenvalue weighted by Crippen LogP contribution is -2.71. The monoisotopic (exact) mass is 756 g/mol. The molecule has 4 heterocycles. The van der Waals surface area contributed by atoms with Crippen molar-refractivity contribution in [1.82, 2.24) is 30.4 Å². The molecule has 1 unspecified atom stereocenters. The second kappa shape index (κ2) is 15.4. The Balaban J connectivity index is 1.17. The van der Waals surface area contributed by atoms with Crippen LogP contribution < -0.4 is 11.1 Å². The van der Waals surface area contributed by atoms with E-state index >= 15 is 0 Å². The van der Waals surface area contributed by atoms with Crippen molar-refractivity contribution in [1.29, 1.82) is 0 Å². The van der Waals surface area contributed by atoms with Gasteiger partial charge in [0.25, 0.3) is 11.8 Å². The standard InChI is InChI=1S/C35H29FN8O5S3/c1-48-43-25(24-18-51-34(37)38-24)30(45)39-26-31(46)44-27(33(47)49-28(19-8-4-2-5-9-19)20-10-6-3-7-11-20)22(16-50-32(26)44)17-52-35-40-29(41-42-35)21-12-14-23(36)15-13-21/h2-15,18,26,28,32H,16-17H2,1H3,(H2,37,38)(H,39,45)(H,40,41,42)/b43-25+/t26-,32?/m1/s1. The van der Waals surface area contributed by atoms with Crippen LogP contribution in [0.5, 0.6) is 0 Å². The fraction of sp³-hybridized carbons (Fsp3) is 0.171. The van der Waals surface area contributed by atoms with E-state index in [1.807, 2.05) is 60.7 Å². The minimum Gasteiger partial charge on any atom is -0.448 e. The third kappa shape index (κ3) is 7.28. The summed E-state index contributed by atoms with van der Waals surface area (Å²) in [6.07, 6.45) is -0.763. The molecule has 1 saturated heterocycles. The molecule has 2 aromatic heterocycles. The number of hydrogen-bond acceptors (Lipinski definition) is 13. The summed E-state index contributed by atoms with van der Waals surface area (Å²) in [6, 6.07) is 23.5. The Bertz CT molecular complexity index is 2120. The number of nitrogens with zero attached hydrogens (tertiary/aromatic N) is 5. The van der Waals surface area contributed by atoms with Gasteiger partial charge in [-0.15, -0.1) is 28.2 Å². The number of aromatic nitrogens is 4. The van der Waals surface area contributed by atoms with Crippen LogP contribution in [0.4, 0.5) is 9.52 Å². The number of ether oxygens (including phenoxy) is 1. The third-order valence-electron chi connectivity index (χ3n) is 8.08. The number of hydrogen-bond donors (Lipinski definition) is 3. The van der Waals surface area contributed by atoms with Gasteiger partial charge < -0.3 is 20.6 Å². The molecular weight excluding hydrogens is 728 g/mol. The number of anilines is 1. The number of H-pyrrole nitrogens is 1. The summed E-state index contributed by atoms with van der Waals surface area (Å²) < 4.78 is 19.7. The van der Waals surface area contributed by atoms with Crippen LogP contribution in [-0.2, 0) is 24.0 Å². The van der Waals surface area contributed by atoms with Crippen LogP contribution in [0.15, 0.2) is 112 Å². The SMILES string of the molecule is CO/N=C(/C(=O)N[C@@H]1C(=O)N2C(C(=O)OC(c3ccccc3)c3ccccc3)=C(CSc3n[nH]c(-c4ccc(F)cc4)n3)CSC12)c1csc(N)n1. The summed E-state index contributed by atoms with van der Waals surface area (Å²) >= 11 is 3.79. The van der Waals surface area contributed by atoms with Gasteiger partial charge in [0.15, 0.2) is 22.8 Å². The Morgan fingerprint density at radius 2 is 1.77 bits per heavy atom. The highest BCUT2D eigenvalue weighted by Crippen LogP contribution is 2.43. The second-order valence-electron chi connectivity index (χ2n) is 11.4. The Morgan fingerprint density at radius 3 is 2.40 bits per heavy atom. The van der Waals surface area contributed by atoms with Crippen molar-refractivity contribution in [3.8, 4) is 11.4 Å². The number of nitrogens with two attached hydrogens (primary N) is 1. The summed E-state index contributed by atoms with van der Waals surface area (Å²) in [6.45, 7) is 0. The number of benzene rings is 3. The molecule has 0 bridgehead atoms. The normalized spacial score (nSPS) is 17.1. The van der Waals surface area contributed by atoms with E-state index in [0.29, 0.717) is 27.9 Å². The molecule has 0 aliphatic carbocycles. The highest BCUT2D eigenvalue weighted by molar-refractivity contribution is 8.01. The molecule has 2 aliphatic rings. The van der Waals surface area contributed by atoms with Crippen molar-refractivity contribution in [3.63, 3.8) is 0 Å². The largest absolute Gasteiger partial charge is 0.448 e. The van der Waals surface area contributed by atoms with Crippen LogP contribution in [0.25, 0.3) is 11.4 Å². The maximum Gasteiger partial charge on any atom is 0.356 e. The number of fused-ring (bicyclic) bond motifs is 1. The molecule has 2 amide bonds. The zero-order chi connectivity index (χ0) is 36.2. The Labute approximate surface area is 308 Å². The summed E-state index contributed by atoms with van der Waals surface area (Å²) in [4.78, 5) is 56.5. The summed E-state index contributed by atoms with van der Waals surface area (Å²) in [5, 5.41) is 15.3. The molecule has 0 radical (unpaired) electrons. The lowest BCUT2D eigenvalue weighted by molar-refractivity contribution is -0.154. The number of nitrogen functional groups attached to an aromatic ring is 1. The van der Waals surface area contributed by atoms with Gasteiger partial charge in [-0.1, -0.05) is 77.6 Å². The van der Waals surface area contributed by atoms with E-state index < -0.39 is 35.3 Å². The van der Waals surface area contributed by atoms with Crippen molar-refractivity contribution in [2.24, 2.45) is 5.16 Å². The van der Waals surface area contributed by atoms with Crippen LogP contribution in [0.2, 0.25) is 0 Å². The van der Waals surface area contributed by atoms with E-state index in [1.165, 1.54) is 47.7 Å². The van der Waals surface area contributed by atoms with Crippen LogP contribution in [0.1, 0.15) is 22.9 Å². The van der Waals surface area contributed by atoms with Gasteiger partial charge >= 0.3 is 5.97 Å². The number of nitrogens with one attached hydrogen (secondary N) is 2. The van der Waals surface area contributed by atoms with Crippen molar-refractivity contribution in [2.45, 2.75) is 22.7 Å². The first kappa shape index (κ1) is 34.9. The predicted molar refractivity (Wildman–Crippen MR) is 195 cm³/mol. The number of amides is 2. The zero-order valence-corrected chi connectivity index (χ0v) is 29.7. The zero-order valence-electron chi connectivity index (χ0n) is 27.3. The summed E-state index contributed by atoms with van der Waals surface area (Å²) in [7, 11) is 1.29. The molecule has 264 valence electrons. The van der Waals surface area contributed by atoms with Crippen LogP contribution in [0, 0.1) is 5.82 Å². The molecule has 3 aromatic carbocycles. The van der Waals surface area contributed by atoms with Crippen molar-refractivity contribution < 1.29 is 28.3 Å². The minimum absolute atomic E-state index is 0.0935. The minimum atomic E-state index is -0.974. The number of thioether (sulfide) groups is 2. The van der Waals surface area contributed by atoms with E-state index in [2.05, 4.69) is 30.6 Å². The van der Waals surface area contributed by atoms with E-state index in [4.69, 9.17) is 15.3 Å². The van der Waals surface area contributed by atoms with E-state index in [0.717, 1.165) is 22.5 Å². The fourth-order valence-electron chi connectivity index (χ4n) is 5.63. The summed E-state index contributed by atoms with van der Waals surface area (Å²) in [5.74, 6) is -1.19. The molecule has 52 heavy (non-hydrogen) atoms. The van der Waals surface area contributed by atoms with Gasteiger partial charge in [0.2, 0.25) is 5.16 Å². The number of aromatic amines is 1. The first-order chi connectivity index (χ1) is 25.3. The molecule has 0 spiro atoms. The van der Waals surface area contributed by atoms with Crippen molar-refractivity contribution in [2.75, 3.05) is 24.3 Å². The molecule has 17 heteroatoms. The molecule has 1 fully saturated rings. The number of carbonyl (C=O) groups excluding carboxylic acids is 3. The molecule has 2 atom stereocenters. The Kier molecular flexibility index (Phi) is 10.3. The Morgan fingerprint density at radius 1 is 1.08 bits per heavy atom. The number of rotatable bonds is 12. The maximum absolute atomic E-state index is 14.3. The molecule has 2 aliphatic heterocycles. The number of oxime groups is 1. The molecule has 5 aromatic rings. The molecular formula is C35H29FN8O5S3. The highest BCUT2D eigenvalue weighted by Gasteiger charge is 2.55. The van der Waals surface area contributed by atoms with E-state index in [9.17, 15) is 18.8 Å². The fourth-order valence-corrected chi connectivity index (χ4v) is 8.46. The topological polar surface area (TPSA) is 178 Å². The molecule has 0 saturated carbocycles. The average molecular weight is 757 g/mol. The van der Waals surface area contributed by atoms with Gasteiger partial charge in [0.1, 0.15) is 35.7 Å². The number of esters is 1. The van der Waals surface area contributed by atoms with Crippen LogP contribution >= 0.6 is 34.9 Å². The Hall–Kier alpha value is -5.52. The van der Waals surface area contributed by atoms with Gasteiger partial charge in [-0.3, -0.25) is 19.6 Å². The summed E-state index contributed by atoms with van der Waals surface area (Å²) in [5.41, 5.74) is 8.70. The number of carbonyl (C=O) groups is 3. The van der Waals surface area contributed by atoms with Crippen molar-refractivity contribution in [3.05, 3.63) is 124 Å². The quantitative estimate of drug-likeness (QED) is 0.0525. The molecule has 4 N–H and O–H groups in total. The lowest BCUT2D eigenvalue weighted by Gasteiger charge is -2.49. The highest BCUT2D eigenvalue weighted by atomic mass is 32.2. The lowest BCUT2D eigenvalue weighted by atomic mass is 10.0. The number of halogens is 1. The first-order valence-electron chi connectivity index (χ1n) is 15.7. The van der Waals surface area contributed by atoms with E-state index in [1.54, 1.807) is 17.5 Å². The van der Waals surface area contributed by atoms with Gasteiger partial charge in [0.05, 0.1) is 0 Å². The molecule has 13 nitrogen and oxygen atoms in total. The third-order valence-corrected chi connectivity index (χ3v) is 11.0. The van der Waals surface area contributed by atoms with Gasteiger partial charge in [-0.2, -0.15) is 0 Å². The van der Waals surface area contributed by atoms with Gasteiger partial charge in [0, 0.05) is 22.4 Å².